The molecule has 8 rings (SSSR count). The number of likely N-dealkylation sites (tertiary alicyclic amines) is 1. The lowest BCUT2D eigenvalue weighted by atomic mass is 9.65. The van der Waals surface area contributed by atoms with Gasteiger partial charge in [-0.05, 0) is 106 Å². The van der Waals surface area contributed by atoms with Gasteiger partial charge in [-0.2, -0.15) is 0 Å². The highest BCUT2D eigenvalue weighted by Gasteiger charge is 2.50. The standard InChI is InChI=1S/C48H53N3O5/c1-47(2)26-40-27-48(3,31-47)32-51(40)29-43-25-44(35-17-15-33(30-52)16-18-35)56-45(55-43)38-12-8-11-37(24-38)36-10-7-9-34(23-36)28-49-46(53)50-39-19-21-42(22-20-39)54-41-13-5-4-6-14-41/h4-24,40,43-45,52H,25-32H2,1-3H3,(H2,49,50,53)/t40?,43-,44+,45+,48?/m0/s1. The number of hydrogen-bond acceptors (Lipinski definition) is 6. The minimum absolute atomic E-state index is 0.00657. The smallest absolute Gasteiger partial charge is 0.319 e. The number of aliphatic hydroxyl groups is 1. The van der Waals surface area contributed by atoms with Crippen molar-refractivity contribution in [3.05, 3.63) is 150 Å². The predicted octanol–water partition coefficient (Wildman–Crippen LogP) is 10.4. The molecule has 3 N–H and O–H groups in total. The van der Waals surface area contributed by atoms with Crippen LogP contribution >= 0.6 is 0 Å². The summed E-state index contributed by atoms with van der Waals surface area (Å²) in [6.07, 6.45) is 3.86. The second kappa shape index (κ2) is 16.2. The van der Waals surface area contributed by atoms with Crippen LogP contribution in [0.25, 0.3) is 11.1 Å². The Bertz CT molecular complexity index is 2100. The topological polar surface area (TPSA) is 92.3 Å². The quantitative estimate of drug-likeness (QED) is 0.124. The lowest BCUT2D eigenvalue weighted by Gasteiger charge is -2.41. The summed E-state index contributed by atoms with van der Waals surface area (Å²) in [5.74, 6) is 1.45. The molecular formula is C48H53N3O5. The average molecular weight is 752 g/mol. The van der Waals surface area contributed by atoms with E-state index >= 15 is 0 Å². The van der Waals surface area contributed by atoms with E-state index in [0.29, 0.717) is 34.9 Å². The Hall–Kier alpha value is -4.99. The molecule has 8 nitrogen and oxygen atoms in total. The van der Waals surface area contributed by atoms with Crippen LogP contribution in [0, 0.1) is 10.8 Å². The summed E-state index contributed by atoms with van der Waals surface area (Å²) in [7, 11) is 0. The number of carbonyl (C=O) groups is 1. The Labute approximate surface area is 330 Å². The van der Waals surface area contributed by atoms with Gasteiger partial charge >= 0.3 is 6.03 Å². The largest absolute Gasteiger partial charge is 0.457 e. The molecule has 2 aliphatic heterocycles. The molecule has 0 spiro atoms. The Morgan fingerprint density at radius 2 is 1.52 bits per heavy atom. The molecule has 56 heavy (non-hydrogen) atoms. The lowest BCUT2D eigenvalue weighted by molar-refractivity contribution is -0.253. The molecule has 5 atom stereocenters. The maximum atomic E-state index is 12.8. The van der Waals surface area contributed by atoms with Crippen LogP contribution < -0.4 is 15.4 Å². The third-order valence-electron chi connectivity index (χ3n) is 11.5. The zero-order valence-electron chi connectivity index (χ0n) is 32.6. The first-order valence-electron chi connectivity index (χ1n) is 19.9. The van der Waals surface area contributed by atoms with Gasteiger partial charge in [0.1, 0.15) is 11.5 Å². The molecule has 2 unspecified atom stereocenters. The molecule has 2 heterocycles. The Morgan fingerprint density at radius 3 is 2.29 bits per heavy atom. The number of aliphatic hydroxyl groups excluding tert-OH is 1. The number of amides is 2. The number of urea groups is 1. The SMILES string of the molecule is CC1(C)CC2CC(C)(CN2C[C@@H]2C[C@H](c3ccc(CO)cc3)O[C@H](c3cccc(-c4cccc(CNC(=O)Nc5ccc(Oc6ccccc6)cc5)c4)c3)O2)C1. The third-order valence-corrected chi connectivity index (χ3v) is 11.5. The van der Waals surface area contributed by atoms with Crippen LogP contribution in [-0.2, 0) is 22.6 Å². The molecule has 0 radical (unpaired) electrons. The summed E-state index contributed by atoms with van der Waals surface area (Å²) in [6, 6.07) is 42.0. The first kappa shape index (κ1) is 37.9. The van der Waals surface area contributed by atoms with E-state index < -0.39 is 6.29 Å². The number of hydrogen-bond donors (Lipinski definition) is 3. The van der Waals surface area contributed by atoms with Crippen molar-refractivity contribution in [2.75, 3.05) is 18.4 Å². The third kappa shape index (κ3) is 9.17. The fraction of sp³-hybridized carbons (Fsp3) is 0.354. The number of nitrogens with one attached hydrogen (secondary N) is 2. The first-order valence-corrected chi connectivity index (χ1v) is 19.9. The first-order chi connectivity index (χ1) is 27.1. The van der Waals surface area contributed by atoms with Gasteiger partial charge in [-0.15, -0.1) is 0 Å². The maximum absolute atomic E-state index is 12.8. The molecule has 1 aliphatic carbocycles. The van der Waals surface area contributed by atoms with E-state index in [-0.39, 0.29) is 24.8 Å². The van der Waals surface area contributed by atoms with Crippen LogP contribution in [0.1, 0.15) is 81.1 Å². The van der Waals surface area contributed by atoms with Crippen molar-refractivity contribution in [3.63, 3.8) is 0 Å². The van der Waals surface area contributed by atoms with Crippen molar-refractivity contribution in [3.8, 4) is 22.6 Å². The fourth-order valence-electron chi connectivity index (χ4n) is 9.40. The molecule has 0 aromatic heterocycles. The van der Waals surface area contributed by atoms with E-state index in [2.05, 4.69) is 84.8 Å². The molecule has 3 fully saturated rings. The van der Waals surface area contributed by atoms with E-state index in [9.17, 15) is 9.90 Å². The van der Waals surface area contributed by atoms with Gasteiger partial charge < -0.3 is 30.0 Å². The van der Waals surface area contributed by atoms with Crippen LogP contribution in [-0.4, -0.2) is 41.3 Å². The number of anilines is 1. The van der Waals surface area contributed by atoms with Gasteiger partial charge in [-0.3, -0.25) is 4.90 Å². The van der Waals surface area contributed by atoms with Crippen molar-refractivity contribution >= 4 is 11.7 Å². The zero-order valence-corrected chi connectivity index (χ0v) is 32.6. The molecule has 3 aliphatic rings. The van der Waals surface area contributed by atoms with Gasteiger partial charge in [-0.25, -0.2) is 4.79 Å². The molecule has 8 heteroatoms. The minimum Gasteiger partial charge on any atom is -0.457 e. The predicted molar refractivity (Wildman–Crippen MR) is 220 cm³/mol. The van der Waals surface area contributed by atoms with Crippen molar-refractivity contribution in [1.82, 2.24) is 10.2 Å². The van der Waals surface area contributed by atoms with Crippen molar-refractivity contribution in [2.45, 2.75) is 84.1 Å². The highest BCUT2D eigenvalue weighted by Crippen LogP contribution is 2.53. The average Bonchev–Trinajstić information content (AvgIpc) is 3.44. The Kier molecular flexibility index (Phi) is 11.0. The van der Waals surface area contributed by atoms with Crippen LogP contribution in [0.5, 0.6) is 11.5 Å². The monoisotopic (exact) mass is 751 g/mol. The zero-order chi connectivity index (χ0) is 38.7. The fourth-order valence-corrected chi connectivity index (χ4v) is 9.40. The van der Waals surface area contributed by atoms with E-state index in [0.717, 1.165) is 58.6 Å². The van der Waals surface area contributed by atoms with E-state index in [1.165, 1.54) is 19.3 Å². The van der Waals surface area contributed by atoms with Gasteiger partial charge in [0, 0.05) is 43.3 Å². The van der Waals surface area contributed by atoms with Gasteiger partial charge in [0.05, 0.1) is 18.8 Å². The summed E-state index contributed by atoms with van der Waals surface area (Å²) < 4.78 is 19.5. The minimum atomic E-state index is -0.530. The van der Waals surface area contributed by atoms with Gasteiger partial charge in [-0.1, -0.05) is 99.6 Å². The van der Waals surface area contributed by atoms with Gasteiger partial charge in [0.2, 0.25) is 0 Å². The van der Waals surface area contributed by atoms with Crippen molar-refractivity contribution in [1.29, 1.82) is 0 Å². The van der Waals surface area contributed by atoms with Gasteiger partial charge in [0.25, 0.3) is 0 Å². The van der Waals surface area contributed by atoms with E-state index in [4.69, 9.17) is 14.2 Å². The maximum Gasteiger partial charge on any atom is 0.319 e. The Balaban J connectivity index is 0.935. The van der Waals surface area contributed by atoms with Crippen LogP contribution in [0.4, 0.5) is 10.5 Å². The molecule has 5 aromatic rings. The number of benzene rings is 5. The number of para-hydroxylation sites is 1. The highest BCUT2D eigenvalue weighted by atomic mass is 16.7. The summed E-state index contributed by atoms with van der Waals surface area (Å²) in [5, 5.41) is 15.6. The second-order valence-corrected chi connectivity index (χ2v) is 17.1. The number of fused-ring (bicyclic) bond motifs is 2. The molecule has 2 saturated heterocycles. The van der Waals surface area contributed by atoms with Crippen LogP contribution in [0.3, 0.4) is 0 Å². The number of nitrogens with zero attached hydrogens (tertiary/aromatic N) is 1. The number of ether oxygens (including phenoxy) is 3. The molecular weight excluding hydrogens is 699 g/mol. The lowest BCUT2D eigenvalue weighted by Crippen LogP contribution is -2.42. The number of rotatable bonds is 11. The normalized spacial score (nSPS) is 24.4. The summed E-state index contributed by atoms with van der Waals surface area (Å²) in [5.41, 5.74) is 7.42. The van der Waals surface area contributed by atoms with Crippen molar-refractivity contribution in [2.24, 2.45) is 10.8 Å². The molecule has 5 aromatic carbocycles. The van der Waals surface area contributed by atoms with E-state index in [1.807, 2.05) is 78.9 Å². The van der Waals surface area contributed by atoms with Gasteiger partial charge in [0.15, 0.2) is 6.29 Å². The molecule has 2 amide bonds. The summed E-state index contributed by atoms with van der Waals surface area (Å²) >= 11 is 0. The Morgan fingerprint density at radius 1 is 0.786 bits per heavy atom. The summed E-state index contributed by atoms with van der Waals surface area (Å²) in [6.45, 7) is 9.70. The number of carbonyl (C=O) groups excluding carboxylic acids is 1. The molecule has 290 valence electrons. The van der Waals surface area contributed by atoms with Crippen LogP contribution in [0.15, 0.2) is 127 Å². The molecule has 1 saturated carbocycles. The second-order valence-electron chi connectivity index (χ2n) is 17.1. The molecule has 2 bridgehead atoms. The highest BCUT2D eigenvalue weighted by molar-refractivity contribution is 5.89. The van der Waals surface area contributed by atoms with E-state index in [1.54, 1.807) is 0 Å². The van der Waals surface area contributed by atoms with Crippen molar-refractivity contribution < 1.29 is 24.1 Å². The summed E-state index contributed by atoms with van der Waals surface area (Å²) in [4.78, 5) is 15.5. The van der Waals surface area contributed by atoms with Crippen LogP contribution in [0.2, 0.25) is 0 Å².